The molecule has 1 aliphatic heterocycles. The molecule has 2 saturated carbocycles. The maximum atomic E-state index is 12.4. The zero-order valence-corrected chi connectivity index (χ0v) is 10.1. The predicted octanol–water partition coefficient (Wildman–Crippen LogP) is 2.41. The van der Waals surface area contributed by atoms with E-state index >= 15 is 0 Å². The van der Waals surface area contributed by atoms with E-state index in [1.807, 2.05) is 18.2 Å². The first-order chi connectivity index (χ1) is 8.74. The molecule has 1 aromatic carbocycles. The molecule has 2 unspecified atom stereocenters. The Morgan fingerprint density at radius 3 is 2.78 bits per heavy atom. The second-order valence-electron chi connectivity index (χ2n) is 5.75. The number of ketones is 1. The second kappa shape index (κ2) is 3.44. The van der Waals surface area contributed by atoms with Crippen LogP contribution in [0.15, 0.2) is 18.2 Å². The van der Waals surface area contributed by atoms with Crippen LogP contribution in [0.1, 0.15) is 35.2 Å². The Morgan fingerprint density at radius 1 is 1.22 bits per heavy atom. The van der Waals surface area contributed by atoms with Crippen molar-refractivity contribution in [2.24, 2.45) is 17.8 Å². The van der Waals surface area contributed by atoms with Gasteiger partial charge in [0, 0.05) is 17.2 Å². The summed E-state index contributed by atoms with van der Waals surface area (Å²) >= 11 is 0. The van der Waals surface area contributed by atoms with Crippen molar-refractivity contribution in [3.05, 3.63) is 29.3 Å². The van der Waals surface area contributed by atoms with Crippen LogP contribution >= 0.6 is 0 Å². The van der Waals surface area contributed by atoms with E-state index in [-0.39, 0.29) is 11.8 Å². The first kappa shape index (κ1) is 10.3. The number of nitrogens with one attached hydrogen (secondary N) is 1. The van der Waals surface area contributed by atoms with Gasteiger partial charge in [-0.15, -0.1) is 0 Å². The van der Waals surface area contributed by atoms with Gasteiger partial charge in [0.25, 0.3) is 0 Å². The summed E-state index contributed by atoms with van der Waals surface area (Å²) in [4.78, 5) is 23.7. The predicted molar refractivity (Wildman–Crippen MR) is 67.4 cm³/mol. The molecule has 1 amide bonds. The van der Waals surface area contributed by atoms with Gasteiger partial charge in [0.05, 0.1) is 6.42 Å². The third-order valence-electron chi connectivity index (χ3n) is 4.72. The molecule has 3 aliphatic rings. The van der Waals surface area contributed by atoms with Crippen LogP contribution in [0.5, 0.6) is 0 Å². The Kier molecular flexibility index (Phi) is 1.97. The molecule has 18 heavy (non-hydrogen) atoms. The number of rotatable bonds is 2. The highest BCUT2D eigenvalue weighted by atomic mass is 16.1. The lowest BCUT2D eigenvalue weighted by Gasteiger charge is -2.05. The minimum atomic E-state index is 0.0258. The van der Waals surface area contributed by atoms with Gasteiger partial charge in [-0.1, -0.05) is 6.42 Å². The van der Waals surface area contributed by atoms with Crippen LogP contribution in [0, 0.1) is 17.8 Å². The van der Waals surface area contributed by atoms with Gasteiger partial charge >= 0.3 is 0 Å². The Morgan fingerprint density at radius 2 is 2.00 bits per heavy atom. The molecule has 1 N–H and O–H groups in total. The zero-order valence-electron chi connectivity index (χ0n) is 10.1. The van der Waals surface area contributed by atoms with E-state index in [1.54, 1.807) is 0 Å². The summed E-state index contributed by atoms with van der Waals surface area (Å²) in [5.41, 5.74) is 2.63. The molecule has 0 radical (unpaired) electrons. The lowest BCUT2D eigenvalue weighted by atomic mass is 9.99. The first-order valence-electron chi connectivity index (χ1n) is 6.71. The van der Waals surface area contributed by atoms with Gasteiger partial charge in [0.1, 0.15) is 0 Å². The number of anilines is 1. The first-order valence-corrected chi connectivity index (χ1v) is 6.71. The maximum Gasteiger partial charge on any atom is 0.228 e. The van der Waals surface area contributed by atoms with Gasteiger partial charge in [-0.2, -0.15) is 0 Å². The average Bonchev–Trinajstić information content (AvgIpc) is 2.74. The average molecular weight is 241 g/mol. The molecule has 2 fully saturated rings. The summed E-state index contributed by atoms with van der Waals surface area (Å²) in [5.74, 6) is 1.92. The summed E-state index contributed by atoms with van der Waals surface area (Å²) < 4.78 is 0. The van der Waals surface area contributed by atoms with Gasteiger partial charge in [0.2, 0.25) is 5.91 Å². The number of fused-ring (bicyclic) bond motifs is 2. The molecule has 2 atom stereocenters. The van der Waals surface area contributed by atoms with E-state index in [9.17, 15) is 9.59 Å². The molecule has 3 heteroatoms. The van der Waals surface area contributed by atoms with E-state index in [2.05, 4.69) is 5.32 Å². The number of Topliss-reactive ketones (excluding diaryl/α,β-unsaturated/α-hetero) is 1. The molecule has 0 aromatic heterocycles. The maximum absolute atomic E-state index is 12.4. The fraction of sp³-hybridized carbons (Fsp3) is 0.467. The lowest BCUT2D eigenvalue weighted by molar-refractivity contribution is -0.115. The monoisotopic (exact) mass is 241 g/mol. The Hall–Kier alpha value is -1.64. The van der Waals surface area contributed by atoms with Crippen LogP contribution in [0.3, 0.4) is 0 Å². The smallest absolute Gasteiger partial charge is 0.228 e. The fourth-order valence-electron chi connectivity index (χ4n) is 3.79. The molecule has 1 aromatic rings. The topological polar surface area (TPSA) is 46.2 Å². The summed E-state index contributed by atoms with van der Waals surface area (Å²) in [6.45, 7) is 0. The summed E-state index contributed by atoms with van der Waals surface area (Å²) in [5, 5.41) is 2.80. The largest absolute Gasteiger partial charge is 0.326 e. The van der Waals surface area contributed by atoms with E-state index in [4.69, 9.17) is 0 Å². The van der Waals surface area contributed by atoms with Gasteiger partial charge in [-0.05, 0) is 48.4 Å². The number of hydrogen-bond donors (Lipinski definition) is 1. The van der Waals surface area contributed by atoms with Crippen LogP contribution in [0.2, 0.25) is 0 Å². The molecule has 0 bridgehead atoms. The highest BCUT2D eigenvalue weighted by molar-refractivity contribution is 6.03. The Labute approximate surface area is 106 Å². The molecule has 4 rings (SSSR count). The van der Waals surface area contributed by atoms with Crippen molar-refractivity contribution < 1.29 is 9.59 Å². The van der Waals surface area contributed by atoms with Crippen molar-refractivity contribution in [2.75, 3.05) is 5.32 Å². The molecule has 2 aliphatic carbocycles. The number of hydrogen-bond acceptors (Lipinski definition) is 2. The normalized spacial score (nSPS) is 31.8. The van der Waals surface area contributed by atoms with Crippen molar-refractivity contribution in [3.63, 3.8) is 0 Å². The van der Waals surface area contributed by atoms with E-state index in [0.717, 1.165) is 16.8 Å². The highest BCUT2D eigenvalue weighted by Gasteiger charge is 2.56. The van der Waals surface area contributed by atoms with E-state index in [1.165, 1.54) is 19.3 Å². The summed E-state index contributed by atoms with van der Waals surface area (Å²) in [6, 6.07) is 5.63. The Bertz CT molecular complexity index is 554. The van der Waals surface area contributed by atoms with Crippen LogP contribution < -0.4 is 5.32 Å². The number of amides is 1. The van der Waals surface area contributed by atoms with Crippen molar-refractivity contribution in [1.82, 2.24) is 0 Å². The van der Waals surface area contributed by atoms with Gasteiger partial charge in [-0.25, -0.2) is 0 Å². The number of carbonyl (C=O) groups is 2. The van der Waals surface area contributed by atoms with Crippen molar-refractivity contribution in [1.29, 1.82) is 0 Å². The van der Waals surface area contributed by atoms with E-state index < -0.39 is 0 Å². The van der Waals surface area contributed by atoms with Crippen LogP contribution in [-0.2, 0) is 11.2 Å². The second-order valence-corrected chi connectivity index (χ2v) is 5.75. The lowest BCUT2D eigenvalue weighted by Crippen LogP contribution is -2.06. The van der Waals surface area contributed by atoms with Crippen molar-refractivity contribution in [2.45, 2.75) is 25.7 Å². The van der Waals surface area contributed by atoms with Crippen molar-refractivity contribution >= 4 is 17.4 Å². The third kappa shape index (κ3) is 1.36. The fourth-order valence-corrected chi connectivity index (χ4v) is 3.79. The molecular formula is C15H15NO2. The molecule has 0 spiro atoms. The van der Waals surface area contributed by atoms with Crippen LogP contribution in [0.25, 0.3) is 0 Å². The van der Waals surface area contributed by atoms with E-state index in [0.29, 0.717) is 24.0 Å². The van der Waals surface area contributed by atoms with Gasteiger partial charge < -0.3 is 5.32 Å². The minimum Gasteiger partial charge on any atom is -0.326 e. The summed E-state index contributed by atoms with van der Waals surface area (Å²) in [7, 11) is 0. The molecule has 3 nitrogen and oxygen atoms in total. The number of carbonyl (C=O) groups excluding carboxylic acids is 2. The number of benzene rings is 1. The van der Waals surface area contributed by atoms with Crippen LogP contribution in [-0.4, -0.2) is 11.7 Å². The Balaban J connectivity index is 1.61. The van der Waals surface area contributed by atoms with Crippen molar-refractivity contribution in [3.8, 4) is 0 Å². The zero-order chi connectivity index (χ0) is 12.3. The molecule has 0 saturated heterocycles. The SMILES string of the molecule is O=C1Cc2cc(C(=O)C3C4CCCC43)ccc2N1. The third-order valence-corrected chi connectivity index (χ3v) is 4.72. The minimum absolute atomic E-state index is 0.0258. The molecule has 1 heterocycles. The van der Waals surface area contributed by atoms with Crippen LogP contribution in [0.4, 0.5) is 5.69 Å². The quantitative estimate of drug-likeness (QED) is 0.808. The molecular weight excluding hydrogens is 226 g/mol. The van der Waals surface area contributed by atoms with Gasteiger partial charge in [0.15, 0.2) is 5.78 Å². The van der Waals surface area contributed by atoms with Gasteiger partial charge in [-0.3, -0.25) is 9.59 Å². The summed E-state index contributed by atoms with van der Waals surface area (Å²) in [6.07, 6.45) is 4.16. The molecule has 92 valence electrons. The standard InChI is InChI=1S/C15H15NO2/c17-13-7-9-6-8(4-5-12(9)16-13)15(18)14-10-2-1-3-11(10)14/h4-6,10-11,14H,1-3,7H2,(H,16,17). The highest BCUT2D eigenvalue weighted by Crippen LogP contribution is 2.58.